The lowest BCUT2D eigenvalue weighted by Crippen LogP contribution is -2.29. The standard InChI is InChI=1S/C21H18ClNO4S/c1-2-19(24)23(13-14-8-10-16(22)11-9-14)17-12-18(15-6-4-3-5-7-15)28-20(17)27-21(25)26/h3-12H,2,13H2,1H3,(H,25,26). The van der Waals surface area contributed by atoms with Gasteiger partial charge in [-0.3, -0.25) is 4.79 Å². The van der Waals surface area contributed by atoms with E-state index in [-0.39, 0.29) is 23.9 Å². The van der Waals surface area contributed by atoms with E-state index in [0.29, 0.717) is 10.7 Å². The predicted molar refractivity (Wildman–Crippen MR) is 111 cm³/mol. The summed E-state index contributed by atoms with van der Waals surface area (Å²) in [6.45, 7) is 2.05. The second kappa shape index (κ2) is 8.91. The van der Waals surface area contributed by atoms with Crippen molar-refractivity contribution in [3.05, 3.63) is 71.2 Å². The summed E-state index contributed by atoms with van der Waals surface area (Å²) in [7, 11) is 0. The Kier molecular flexibility index (Phi) is 6.34. The van der Waals surface area contributed by atoms with Gasteiger partial charge >= 0.3 is 6.16 Å². The van der Waals surface area contributed by atoms with Crippen molar-refractivity contribution in [3.63, 3.8) is 0 Å². The average Bonchev–Trinajstić information content (AvgIpc) is 3.10. The lowest BCUT2D eigenvalue weighted by atomic mass is 10.1. The number of halogens is 1. The van der Waals surface area contributed by atoms with E-state index in [1.165, 1.54) is 11.3 Å². The molecule has 0 spiro atoms. The summed E-state index contributed by atoms with van der Waals surface area (Å²) in [6.07, 6.45) is -1.14. The van der Waals surface area contributed by atoms with Gasteiger partial charge in [0.05, 0.1) is 12.2 Å². The molecule has 0 aliphatic rings. The van der Waals surface area contributed by atoms with Crippen LogP contribution in [0.5, 0.6) is 5.06 Å². The molecule has 1 N–H and O–H groups in total. The number of nitrogens with zero attached hydrogens (tertiary/aromatic N) is 1. The van der Waals surface area contributed by atoms with Crippen molar-refractivity contribution >= 4 is 40.7 Å². The minimum Gasteiger partial charge on any atom is -0.449 e. The molecule has 0 unspecified atom stereocenters. The van der Waals surface area contributed by atoms with Gasteiger partial charge in [-0.2, -0.15) is 0 Å². The highest BCUT2D eigenvalue weighted by molar-refractivity contribution is 7.18. The highest BCUT2D eigenvalue weighted by atomic mass is 35.5. The molecule has 0 aliphatic carbocycles. The fourth-order valence-corrected chi connectivity index (χ4v) is 3.86. The van der Waals surface area contributed by atoms with Gasteiger partial charge < -0.3 is 14.7 Å². The number of ether oxygens (including phenoxy) is 1. The van der Waals surface area contributed by atoms with Crippen LogP contribution >= 0.6 is 22.9 Å². The molecule has 5 nitrogen and oxygen atoms in total. The van der Waals surface area contributed by atoms with E-state index in [9.17, 15) is 9.59 Å². The number of thiophene rings is 1. The summed E-state index contributed by atoms with van der Waals surface area (Å²) < 4.78 is 5.00. The summed E-state index contributed by atoms with van der Waals surface area (Å²) in [5.74, 6) is -0.136. The molecule has 0 fully saturated rings. The molecule has 28 heavy (non-hydrogen) atoms. The Labute approximate surface area is 171 Å². The van der Waals surface area contributed by atoms with Crippen LogP contribution in [0.4, 0.5) is 10.5 Å². The van der Waals surface area contributed by atoms with Gasteiger partial charge in [-0.25, -0.2) is 4.79 Å². The van der Waals surface area contributed by atoms with Crippen molar-refractivity contribution in [1.29, 1.82) is 0 Å². The van der Waals surface area contributed by atoms with E-state index in [1.807, 2.05) is 42.5 Å². The lowest BCUT2D eigenvalue weighted by Gasteiger charge is -2.22. The maximum atomic E-state index is 12.7. The van der Waals surface area contributed by atoms with Crippen LogP contribution in [-0.4, -0.2) is 17.2 Å². The van der Waals surface area contributed by atoms with Crippen LogP contribution in [0, 0.1) is 0 Å². The van der Waals surface area contributed by atoms with Crippen molar-refractivity contribution in [2.45, 2.75) is 19.9 Å². The van der Waals surface area contributed by atoms with E-state index in [1.54, 1.807) is 30.0 Å². The minimum atomic E-state index is -1.42. The summed E-state index contributed by atoms with van der Waals surface area (Å²) in [4.78, 5) is 26.2. The fourth-order valence-electron chi connectivity index (χ4n) is 2.72. The first-order valence-corrected chi connectivity index (χ1v) is 9.82. The van der Waals surface area contributed by atoms with E-state index < -0.39 is 6.16 Å². The average molecular weight is 416 g/mol. The van der Waals surface area contributed by atoms with Crippen LogP contribution in [0.25, 0.3) is 10.4 Å². The van der Waals surface area contributed by atoms with Crippen molar-refractivity contribution < 1.29 is 19.4 Å². The monoisotopic (exact) mass is 415 g/mol. The zero-order chi connectivity index (χ0) is 20.1. The number of carboxylic acid groups (broad SMARTS) is 1. The number of carbonyl (C=O) groups is 2. The molecular weight excluding hydrogens is 398 g/mol. The van der Waals surface area contributed by atoms with Crippen LogP contribution in [0.2, 0.25) is 5.02 Å². The summed E-state index contributed by atoms with van der Waals surface area (Å²) in [6, 6.07) is 18.5. The van der Waals surface area contributed by atoms with Crippen molar-refractivity contribution in [1.82, 2.24) is 0 Å². The lowest BCUT2D eigenvalue weighted by molar-refractivity contribution is -0.118. The zero-order valence-electron chi connectivity index (χ0n) is 15.1. The van der Waals surface area contributed by atoms with Crippen molar-refractivity contribution in [2.24, 2.45) is 0 Å². The van der Waals surface area contributed by atoms with E-state index >= 15 is 0 Å². The van der Waals surface area contributed by atoms with Crippen molar-refractivity contribution in [2.75, 3.05) is 4.90 Å². The molecule has 7 heteroatoms. The number of anilines is 1. The molecule has 0 atom stereocenters. The molecule has 1 aromatic heterocycles. The molecule has 0 radical (unpaired) electrons. The molecule has 0 aliphatic heterocycles. The third-order valence-electron chi connectivity index (χ3n) is 4.07. The Morgan fingerprint density at radius 3 is 2.39 bits per heavy atom. The third-order valence-corrected chi connectivity index (χ3v) is 5.37. The summed E-state index contributed by atoms with van der Waals surface area (Å²) in [5.41, 5.74) is 2.23. The molecule has 0 bridgehead atoms. The molecule has 0 saturated carbocycles. The highest BCUT2D eigenvalue weighted by Crippen LogP contribution is 2.43. The number of benzene rings is 2. The molecule has 3 aromatic rings. The van der Waals surface area contributed by atoms with Gasteiger partial charge in [0.25, 0.3) is 0 Å². The molecule has 144 valence electrons. The molecule has 1 heterocycles. The zero-order valence-corrected chi connectivity index (χ0v) is 16.7. The number of hydrogen-bond donors (Lipinski definition) is 1. The maximum absolute atomic E-state index is 12.7. The summed E-state index contributed by atoms with van der Waals surface area (Å²) in [5, 5.41) is 9.91. The van der Waals surface area contributed by atoms with Gasteiger partial charge in [0.2, 0.25) is 11.0 Å². The number of amides is 1. The van der Waals surface area contributed by atoms with Gasteiger partial charge in [0, 0.05) is 16.3 Å². The fraction of sp³-hybridized carbons (Fsp3) is 0.143. The second-order valence-corrected chi connectivity index (χ2v) is 7.43. The van der Waals surface area contributed by atoms with Crippen LogP contribution in [0.15, 0.2) is 60.7 Å². The van der Waals surface area contributed by atoms with Gasteiger partial charge in [-0.15, -0.1) is 0 Å². The van der Waals surface area contributed by atoms with Gasteiger partial charge in [0.1, 0.15) is 0 Å². The first-order chi connectivity index (χ1) is 13.5. The molecular formula is C21H18ClNO4S. The molecule has 0 saturated heterocycles. The normalized spacial score (nSPS) is 10.5. The van der Waals surface area contributed by atoms with Crippen LogP contribution in [-0.2, 0) is 11.3 Å². The van der Waals surface area contributed by atoms with Crippen LogP contribution in [0.1, 0.15) is 18.9 Å². The maximum Gasteiger partial charge on any atom is 0.512 e. The minimum absolute atomic E-state index is 0.136. The van der Waals surface area contributed by atoms with Gasteiger partial charge in [-0.1, -0.05) is 72.3 Å². The van der Waals surface area contributed by atoms with Crippen molar-refractivity contribution in [3.8, 4) is 15.5 Å². The second-order valence-electron chi connectivity index (χ2n) is 5.98. The van der Waals surface area contributed by atoms with Crippen LogP contribution < -0.4 is 9.64 Å². The largest absolute Gasteiger partial charge is 0.512 e. The Bertz CT molecular complexity index is 970. The summed E-state index contributed by atoms with van der Waals surface area (Å²) >= 11 is 7.14. The molecule has 1 amide bonds. The van der Waals surface area contributed by atoms with Crippen LogP contribution in [0.3, 0.4) is 0 Å². The highest BCUT2D eigenvalue weighted by Gasteiger charge is 2.24. The molecule has 2 aromatic carbocycles. The first-order valence-electron chi connectivity index (χ1n) is 8.62. The van der Waals surface area contributed by atoms with Gasteiger partial charge in [0.15, 0.2) is 0 Å². The Balaban J connectivity index is 2.04. The van der Waals surface area contributed by atoms with E-state index in [0.717, 1.165) is 16.0 Å². The Morgan fingerprint density at radius 1 is 1.11 bits per heavy atom. The smallest absolute Gasteiger partial charge is 0.449 e. The Hall–Kier alpha value is -2.83. The third kappa shape index (κ3) is 4.71. The Morgan fingerprint density at radius 2 is 1.79 bits per heavy atom. The number of carbonyl (C=O) groups excluding carboxylic acids is 1. The van der Waals surface area contributed by atoms with E-state index in [2.05, 4.69) is 0 Å². The number of hydrogen-bond acceptors (Lipinski definition) is 4. The SMILES string of the molecule is CCC(=O)N(Cc1ccc(Cl)cc1)c1cc(-c2ccccc2)sc1OC(=O)O. The topological polar surface area (TPSA) is 66.8 Å². The van der Waals surface area contributed by atoms with Gasteiger partial charge in [-0.05, 0) is 29.3 Å². The number of rotatable bonds is 6. The first kappa shape index (κ1) is 19.9. The quantitative estimate of drug-likeness (QED) is 0.496. The molecule has 3 rings (SSSR count). The van der Waals surface area contributed by atoms with E-state index in [4.69, 9.17) is 21.4 Å². The predicted octanol–water partition coefficient (Wildman–Crippen LogP) is 6.07.